The van der Waals surface area contributed by atoms with Crippen LogP contribution in [0.25, 0.3) is 22.2 Å². The molecule has 1 atom stereocenters. The lowest BCUT2D eigenvalue weighted by Crippen LogP contribution is -2.32. The number of hydrogen-bond donors (Lipinski definition) is 1. The molecule has 0 spiro atoms. The van der Waals surface area contributed by atoms with Crippen LogP contribution in [0.4, 0.5) is 17.5 Å². The van der Waals surface area contributed by atoms with Gasteiger partial charge in [-0.25, -0.2) is 14.1 Å². The van der Waals surface area contributed by atoms with Gasteiger partial charge in [-0.2, -0.15) is 9.35 Å². The van der Waals surface area contributed by atoms with E-state index in [1.54, 1.807) is 13.3 Å². The van der Waals surface area contributed by atoms with E-state index in [9.17, 15) is 4.21 Å². The van der Waals surface area contributed by atoms with Crippen LogP contribution >= 0.6 is 0 Å². The molecule has 36 heavy (non-hydrogen) atoms. The zero-order chi connectivity index (χ0) is 25.3. The number of hydrogen-bond acceptors (Lipinski definition) is 10. The molecule has 0 radical (unpaired) electrons. The first-order valence-corrected chi connectivity index (χ1v) is 13.1. The summed E-state index contributed by atoms with van der Waals surface area (Å²) >= 11 is 0. The van der Waals surface area contributed by atoms with E-state index in [0.717, 1.165) is 27.8 Å². The smallest absolute Gasteiger partial charge is 0.228 e. The van der Waals surface area contributed by atoms with Gasteiger partial charge >= 0.3 is 0 Å². The lowest BCUT2D eigenvalue weighted by atomic mass is 9.98. The number of aromatic nitrogens is 3. The van der Waals surface area contributed by atoms with Crippen molar-refractivity contribution >= 4 is 38.4 Å². The minimum Gasteiger partial charge on any atom is -0.497 e. The minimum atomic E-state index is -2.97. The van der Waals surface area contributed by atoms with Gasteiger partial charge in [0.1, 0.15) is 11.6 Å². The van der Waals surface area contributed by atoms with Crippen LogP contribution in [0.15, 0.2) is 59.1 Å². The maximum atomic E-state index is 12.5. The van der Waals surface area contributed by atoms with Crippen LogP contribution in [0.1, 0.15) is 11.1 Å². The molecule has 4 aromatic rings. The van der Waals surface area contributed by atoms with Crippen LogP contribution in [-0.4, -0.2) is 46.2 Å². The van der Waals surface area contributed by atoms with Gasteiger partial charge in [0.15, 0.2) is 10.0 Å². The molecule has 186 valence electrons. The van der Waals surface area contributed by atoms with Crippen LogP contribution in [0, 0.1) is 0 Å². The van der Waals surface area contributed by atoms with E-state index in [1.165, 1.54) is 13.4 Å². The quantitative estimate of drug-likeness (QED) is 0.304. The Morgan fingerprint density at radius 1 is 1.11 bits per heavy atom. The summed E-state index contributed by atoms with van der Waals surface area (Å²) in [6.07, 6.45) is 3.79. The molecule has 0 saturated heterocycles. The first kappa shape index (κ1) is 23.9. The highest BCUT2D eigenvalue weighted by molar-refractivity contribution is 7.88. The maximum absolute atomic E-state index is 12.5. The number of methoxy groups -OCH3 is 1. The highest BCUT2D eigenvalue weighted by Gasteiger charge is 2.23. The van der Waals surface area contributed by atoms with E-state index in [1.807, 2.05) is 48.5 Å². The van der Waals surface area contributed by atoms with Gasteiger partial charge < -0.3 is 15.4 Å². The summed E-state index contributed by atoms with van der Waals surface area (Å²) in [5, 5.41) is 0.729. The van der Waals surface area contributed by atoms with E-state index < -0.39 is 10.0 Å². The minimum absolute atomic E-state index is 0.371. The normalized spacial score (nSPS) is 14.8. The van der Waals surface area contributed by atoms with Crippen molar-refractivity contribution in [2.24, 2.45) is 4.36 Å². The molecule has 0 bridgehead atoms. The molecule has 2 aromatic heterocycles. The first-order chi connectivity index (χ1) is 17.4. The number of nitrogens with zero attached hydrogens (tertiary/aromatic N) is 5. The van der Waals surface area contributed by atoms with E-state index in [2.05, 4.69) is 24.1 Å². The summed E-state index contributed by atoms with van der Waals surface area (Å²) in [4.78, 5) is 20.6. The average Bonchev–Trinajstić information content (AvgIpc) is 2.88. The Kier molecular flexibility index (Phi) is 6.44. The molecule has 1 unspecified atom stereocenters. The Morgan fingerprint density at radius 2 is 1.97 bits per heavy atom. The Hall–Kier alpha value is -3.80. The number of ether oxygens (including phenoxy) is 1. The van der Waals surface area contributed by atoms with E-state index in [4.69, 9.17) is 19.8 Å². The highest BCUT2D eigenvalue weighted by atomic mass is 32.2. The molecular formula is C25H26N6O4S. The lowest BCUT2D eigenvalue weighted by molar-refractivity contribution is -0.168. The van der Waals surface area contributed by atoms with E-state index in [0.29, 0.717) is 48.2 Å². The first-order valence-electron chi connectivity index (χ1n) is 11.3. The van der Waals surface area contributed by atoms with Crippen LogP contribution in [0.2, 0.25) is 0 Å². The molecule has 10 nitrogen and oxygen atoms in total. The average molecular weight is 507 g/mol. The van der Waals surface area contributed by atoms with Crippen molar-refractivity contribution in [2.45, 2.75) is 13.0 Å². The van der Waals surface area contributed by atoms with Crippen molar-refractivity contribution in [3.63, 3.8) is 0 Å². The van der Waals surface area contributed by atoms with Crippen molar-refractivity contribution in [1.29, 1.82) is 0 Å². The second kappa shape index (κ2) is 9.69. The van der Waals surface area contributed by atoms with Gasteiger partial charge in [0.25, 0.3) is 0 Å². The maximum Gasteiger partial charge on any atom is 0.228 e. The molecule has 5 rings (SSSR count). The van der Waals surface area contributed by atoms with Gasteiger partial charge in [0.2, 0.25) is 5.95 Å². The molecule has 3 heterocycles. The third kappa shape index (κ3) is 4.68. The molecule has 2 aromatic carbocycles. The fraction of sp³-hybridized carbons (Fsp3) is 0.240. The van der Waals surface area contributed by atoms with Gasteiger partial charge in [0, 0.05) is 37.2 Å². The number of nitrogens with two attached hydrogens (primary N) is 1. The van der Waals surface area contributed by atoms with Crippen LogP contribution in [-0.2, 0) is 32.2 Å². The van der Waals surface area contributed by atoms with E-state index >= 15 is 0 Å². The Labute approximate surface area is 209 Å². The largest absolute Gasteiger partial charge is 0.497 e. The van der Waals surface area contributed by atoms with Gasteiger partial charge in [-0.05, 0) is 41.8 Å². The predicted octanol–water partition coefficient (Wildman–Crippen LogP) is 4.07. The second-order valence-electron chi connectivity index (χ2n) is 8.34. The summed E-state index contributed by atoms with van der Waals surface area (Å²) in [6, 6.07) is 15.2. The third-order valence-electron chi connectivity index (χ3n) is 5.95. The Morgan fingerprint density at radius 3 is 2.72 bits per heavy atom. The standard InChI is InChI=1S/C25H26N6O4S/c1-33-17-13-19(20-8-4-5-11-27-20)23-22(14-17)28-25(29-24(23)26)31-12-10-18-16(15-31)7-6-9-21(18)30-36(3,32)35-34-2/h4-9,11,13-14H,10,12,15H2,1-3H3,(H2,26,28,29). The number of nitrogen functional groups attached to an aromatic ring is 1. The topological polar surface area (TPSA) is 125 Å². The predicted molar refractivity (Wildman–Crippen MR) is 139 cm³/mol. The SMILES string of the molecule is COOS(C)(=O)=Nc1cccc2c1CCN(c1nc(N)c3c(-c4ccccn4)cc(OC)cc3n1)C2. The van der Waals surface area contributed by atoms with Crippen LogP contribution < -0.4 is 15.4 Å². The Balaban J connectivity index is 1.54. The molecule has 11 heteroatoms. The second-order valence-corrected chi connectivity index (χ2v) is 10.1. The summed E-state index contributed by atoms with van der Waals surface area (Å²) in [5.74, 6) is 1.55. The van der Waals surface area contributed by atoms with Crippen molar-refractivity contribution in [3.8, 4) is 17.0 Å². The van der Waals surface area contributed by atoms with Crippen LogP contribution in [0.5, 0.6) is 5.75 Å². The molecule has 1 aliphatic rings. The molecule has 1 aliphatic heterocycles. The number of rotatable bonds is 6. The van der Waals surface area contributed by atoms with Gasteiger partial charge in [0.05, 0.1) is 36.5 Å². The zero-order valence-electron chi connectivity index (χ0n) is 20.2. The number of anilines is 2. The van der Waals surface area contributed by atoms with Gasteiger partial charge in [-0.3, -0.25) is 4.98 Å². The fourth-order valence-electron chi connectivity index (χ4n) is 4.40. The summed E-state index contributed by atoms with van der Waals surface area (Å²) < 4.78 is 27.2. The molecule has 0 aliphatic carbocycles. The number of fused-ring (bicyclic) bond motifs is 2. The molecule has 0 saturated carbocycles. The van der Waals surface area contributed by atoms with E-state index in [-0.39, 0.29) is 0 Å². The summed E-state index contributed by atoms with van der Waals surface area (Å²) in [5.41, 5.74) is 11.4. The third-order valence-corrected chi connectivity index (χ3v) is 6.86. The van der Waals surface area contributed by atoms with Gasteiger partial charge in [-0.1, -0.05) is 18.2 Å². The zero-order valence-corrected chi connectivity index (χ0v) is 21.0. The molecule has 0 amide bonds. The number of pyridine rings is 1. The molecule has 0 fully saturated rings. The highest BCUT2D eigenvalue weighted by Crippen LogP contribution is 2.36. The summed E-state index contributed by atoms with van der Waals surface area (Å²) in [7, 11) is -0.0434. The van der Waals surface area contributed by atoms with Gasteiger partial charge in [-0.15, -0.1) is 4.33 Å². The fourth-order valence-corrected chi connectivity index (χ4v) is 5.22. The number of benzene rings is 2. The van der Waals surface area contributed by atoms with Crippen molar-refractivity contribution < 1.29 is 18.2 Å². The van der Waals surface area contributed by atoms with Crippen molar-refractivity contribution in [2.75, 3.05) is 37.7 Å². The molecule has 2 N–H and O–H groups in total. The monoisotopic (exact) mass is 506 g/mol. The van der Waals surface area contributed by atoms with Crippen molar-refractivity contribution in [3.05, 3.63) is 65.9 Å². The molecular weight excluding hydrogens is 480 g/mol. The van der Waals surface area contributed by atoms with Crippen molar-refractivity contribution in [1.82, 2.24) is 15.0 Å². The van der Waals surface area contributed by atoms with Crippen LogP contribution in [0.3, 0.4) is 0 Å². The lowest BCUT2D eigenvalue weighted by Gasteiger charge is -2.30. The Bertz CT molecular complexity index is 1550. The summed E-state index contributed by atoms with van der Waals surface area (Å²) in [6.45, 7) is 1.19.